The molecule has 1 atom stereocenters. The van der Waals surface area contributed by atoms with E-state index in [0.29, 0.717) is 38.6 Å². The second-order valence-corrected chi connectivity index (χ2v) is 7.20. The third-order valence-electron chi connectivity index (χ3n) is 3.89. The first-order valence-corrected chi connectivity index (χ1v) is 7.79. The Morgan fingerprint density at radius 1 is 1.19 bits per heavy atom. The Morgan fingerprint density at radius 3 is 2.24 bits per heavy atom. The highest BCUT2D eigenvalue weighted by molar-refractivity contribution is 5.82. The zero-order chi connectivity index (χ0) is 16.0. The molecule has 1 heterocycles. The monoisotopic (exact) mass is 299 g/mol. The molecule has 0 saturated carbocycles. The van der Waals surface area contributed by atoms with Gasteiger partial charge in [-0.2, -0.15) is 0 Å². The highest BCUT2D eigenvalue weighted by atomic mass is 16.5. The quantitative estimate of drug-likeness (QED) is 0.784. The molecule has 0 aromatic carbocycles. The second kappa shape index (κ2) is 7.78. The fourth-order valence-corrected chi connectivity index (χ4v) is 3.25. The first-order chi connectivity index (χ1) is 9.71. The Balaban J connectivity index is 2.60. The van der Waals surface area contributed by atoms with Crippen molar-refractivity contribution in [3.05, 3.63) is 0 Å². The van der Waals surface area contributed by atoms with Crippen LogP contribution in [0.15, 0.2) is 0 Å². The topological polar surface area (TPSA) is 66.8 Å². The van der Waals surface area contributed by atoms with Crippen LogP contribution in [-0.4, -0.2) is 48.2 Å². The Bertz CT molecular complexity index is 359. The van der Waals surface area contributed by atoms with Crippen molar-refractivity contribution in [2.45, 2.75) is 47.0 Å². The van der Waals surface area contributed by atoms with E-state index in [4.69, 9.17) is 4.74 Å². The molecule has 0 aliphatic carbocycles. The molecule has 0 radical (unpaired) electrons. The van der Waals surface area contributed by atoms with Crippen LogP contribution in [0.4, 0.5) is 0 Å². The van der Waals surface area contributed by atoms with Crippen LogP contribution in [0.1, 0.15) is 47.0 Å². The van der Waals surface area contributed by atoms with Gasteiger partial charge in [0.15, 0.2) is 0 Å². The summed E-state index contributed by atoms with van der Waals surface area (Å²) in [5.74, 6) is -1.02. The van der Waals surface area contributed by atoms with E-state index in [1.54, 1.807) is 4.90 Å². The van der Waals surface area contributed by atoms with Crippen LogP contribution in [-0.2, 0) is 14.3 Å². The second-order valence-electron chi connectivity index (χ2n) is 7.20. The molecule has 1 saturated heterocycles. The Morgan fingerprint density at radius 2 is 1.76 bits per heavy atom. The van der Waals surface area contributed by atoms with E-state index in [9.17, 15) is 14.7 Å². The van der Waals surface area contributed by atoms with Crippen molar-refractivity contribution < 1.29 is 19.4 Å². The summed E-state index contributed by atoms with van der Waals surface area (Å²) in [5, 5.41) is 9.42. The van der Waals surface area contributed by atoms with Gasteiger partial charge in [-0.25, -0.2) is 0 Å². The standard InChI is InChI=1S/C16H29NO4/c1-12(2)10-16(3,4)11-13(15(19)20)9-14(18)17-5-7-21-8-6-17/h12-13H,5-11H2,1-4H3,(H,19,20). The Hall–Kier alpha value is -1.10. The van der Waals surface area contributed by atoms with Crippen molar-refractivity contribution >= 4 is 11.9 Å². The minimum Gasteiger partial charge on any atom is -0.481 e. The summed E-state index contributed by atoms with van der Waals surface area (Å²) in [7, 11) is 0. The van der Waals surface area contributed by atoms with E-state index in [1.807, 2.05) is 0 Å². The average molecular weight is 299 g/mol. The Kier molecular flexibility index (Phi) is 6.65. The van der Waals surface area contributed by atoms with E-state index < -0.39 is 11.9 Å². The number of ether oxygens (including phenoxy) is 1. The van der Waals surface area contributed by atoms with Crippen molar-refractivity contribution in [2.75, 3.05) is 26.3 Å². The van der Waals surface area contributed by atoms with Gasteiger partial charge in [0.1, 0.15) is 0 Å². The number of morpholine rings is 1. The molecule has 1 rings (SSSR count). The van der Waals surface area contributed by atoms with Crippen LogP contribution in [0, 0.1) is 17.3 Å². The van der Waals surface area contributed by atoms with Gasteiger partial charge in [-0.15, -0.1) is 0 Å². The largest absolute Gasteiger partial charge is 0.481 e. The van der Waals surface area contributed by atoms with Crippen LogP contribution in [0.2, 0.25) is 0 Å². The van der Waals surface area contributed by atoms with Gasteiger partial charge in [-0.05, 0) is 24.2 Å². The number of nitrogens with zero attached hydrogens (tertiary/aromatic N) is 1. The number of carbonyl (C=O) groups is 2. The van der Waals surface area contributed by atoms with Crippen molar-refractivity contribution in [3.63, 3.8) is 0 Å². The lowest BCUT2D eigenvalue weighted by Crippen LogP contribution is -2.42. The lowest BCUT2D eigenvalue weighted by Gasteiger charge is -2.31. The van der Waals surface area contributed by atoms with Gasteiger partial charge >= 0.3 is 5.97 Å². The van der Waals surface area contributed by atoms with E-state index in [-0.39, 0.29) is 17.7 Å². The minimum atomic E-state index is -0.867. The average Bonchev–Trinajstić information content (AvgIpc) is 2.36. The van der Waals surface area contributed by atoms with Gasteiger partial charge in [0.2, 0.25) is 5.91 Å². The van der Waals surface area contributed by atoms with Gasteiger partial charge in [-0.3, -0.25) is 9.59 Å². The number of hydrogen-bond acceptors (Lipinski definition) is 3. The third-order valence-corrected chi connectivity index (χ3v) is 3.89. The summed E-state index contributed by atoms with van der Waals surface area (Å²) in [6.07, 6.45) is 1.59. The van der Waals surface area contributed by atoms with Crippen LogP contribution >= 0.6 is 0 Å². The molecule has 5 heteroatoms. The molecule has 1 aliphatic rings. The lowest BCUT2D eigenvalue weighted by molar-refractivity contribution is -0.148. The zero-order valence-corrected chi connectivity index (χ0v) is 13.7. The van der Waals surface area contributed by atoms with E-state index >= 15 is 0 Å². The molecule has 1 fully saturated rings. The number of carboxylic acid groups (broad SMARTS) is 1. The van der Waals surface area contributed by atoms with Crippen LogP contribution in [0.25, 0.3) is 0 Å². The summed E-state index contributed by atoms with van der Waals surface area (Å²) >= 11 is 0. The number of carboxylic acids is 1. The molecule has 5 nitrogen and oxygen atoms in total. The first-order valence-electron chi connectivity index (χ1n) is 7.79. The lowest BCUT2D eigenvalue weighted by atomic mass is 9.76. The molecular weight excluding hydrogens is 270 g/mol. The number of aliphatic carboxylic acids is 1. The van der Waals surface area contributed by atoms with Gasteiger partial charge in [0.25, 0.3) is 0 Å². The molecule has 0 spiro atoms. The van der Waals surface area contributed by atoms with Crippen molar-refractivity contribution in [1.82, 2.24) is 4.90 Å². The molecule has 0 bridgehead atoms. The van der Waals surface area contributed by atoms with Crippen molar-refractivity contribution in [1.29, 1.82) is 0 Å². The highest BCUT2D eigenvalue weighted by Gasteiger charge is 2.31. The molecule has 0 aromatic heterocycles. The van der Waals surface area contributed by atoms with E-state index in [2.05, 4.69) is 27.7 Å². The zero-order valence-electron chi connectivity index (χ0n) is 13.7. The highest BCUT2D eigenvalue weighted by Crippen LogP contribution is 2.34. The molecule has 21 heavy (non-hydrogen) atoms. The molecule has 1 N–H and O–H groups in total. The van der Waals surface area contributed by atoms with Crippen molar-refractivity contribution in [3.8, 4) is 0 Å². The Labute approximate surface area is 127 Å². The maximum atomic E-state index is 12.2. The molecule has 0 aromatic rings. The minimum absolute atomic E-state index is 0.0638. The molecule has 1 aliphatic heterocycles. The summed E-state index contributed by atoms with van der Waals surface area (Å²) in [5.41, 5.74) is -0.0670. The predicted octanol–water partition coefficient (Wildman–Crippen LogP) is 2.40. The van der Waals surface area contributed by atoms with Crippen LogP contribution < -0.4 is 0 Å². The summed E-state index contributed by atoms with van der Waals surface area (Å²) < 4.78 is 5.22. The van der Waals surface area contributed by atoms with E-state index in [0.717, 1.165) is 6.42 Å². The summed E-state index contributed by atoms with van der Waals surface area (Å²) in [4.78, 5) is 25.4. The molecule has 1 amide bonds. The molecule has 1 unspecified atom stereocenters. The fourth-order valence-electron chi connectivity index (χ4n) is 3.25. The van der Waals surface area contributed by atoms with Gasteiger partial charge < -0.3 is 14.7 Å². The normalized spacial score (nSPS) is 17.9. The molecular formula is C16H29NO4. The number of rotatable bonds is 7. The first kappa shape index (κ1) is 18.0. The summed E-state index contributed by atoms with van der Waals surface area (Å²) in [6.45, 7) is 10.7. The van der Waals surface area contributed by atoms with Crippen LogP contribution in [0.5, 0.6) is 0 Å². The van der Waals surface area contributed by atoms with Gasteiger partial charge in [0.05, 0.1) is 19.1 Å². The maximum Gasteiger partial charge on any atom is 0.307 e. The van der Waals surface area contributed by atoms with E-state index in [1.165, 1.54) is 0 Å². The summed E-state index contributed by atoms with van der Waals surface area (Å²) in [6, 6.07) is 0. The number of carbonyl (C=O) groups excluding carboxylic acids is 1. The van der Waals surface area contributed by atoms with Crippen molar-refractivity contribution in [2.24, 2.45) is 17.3 Å². The fraction of sp³-hybridized carbons (Fsp3) is 0.875. The number of amides is 1. The maximum absolute atomic E-state index is 12.2. The van der Waals surface area contributed by atoms with Gasteiger partial charge in [-0.1, -0.05) is 27.7 Å². The predicted molar refractivity (Wildman–Crippen MR) is 81.0 cm³/mol. The smallest absolute Gasteiger partial charge is 0.307 e. The van der Waals surface area contributed by atoms with Crippen LogP contribution in [0.3, 0.4) is 0 Å². The third kappa shape index (κ3) is 6.46. The number of hydrogen-bond donors (Lipinski definition) is 1. The van der Waals surface area contributed by atoms with Gasteiger partial charge in [0, 0.05) is 19.5 Å². The molecule has 122 valence electrons. The SMILES string of the molecule is CC(C)CC(C)(C)CC(CC(=O)N1CCOCC1)C(=O)O.